The Hall–Kier alpha value is -0.980. The normalized spacial score (nSPS) is 18.0. The summed E-state index contributed by atoms with van der Waals surface area (Å²) in [5, 5.41) is 0. The van der Waals surface area contributed by atoms with E-state index in [1.807, 2.05) is 0 Å². The second-order valence-corrected chi connectivity index (χ2v) is 5.12. The van der Waals surface area contributed by atoms with Crippen molar-refractivity contribution in [1.82, 2.24) is 0 Å². The number of hydrogen-bond donors (Lipinski definition) is 0. The average Bonchev–Trinajstić information content (AvgIpc) is 2.42. The van der Waals surface area contributed by atoms with Crippen molar-refractivity contribution >= 4 is 5.69 Å². The van der Waals surface area contributed by atoms with Gasteiger partial charge in [-0.1, -0.05) is 19.9 Å². The molecule has 0 saturated heterocycles. The highest BCUT2D eigenvalue weighted by molar-refractivity contribution is 5.53. The standard InChI is InChI=1S/C13H19N/c1-13(2)8-7-10-5-6-11(14(3)4)9-12(10)13/h5-6,9H,7-8H2,1-4H3. The van der Waals surface area contributed by atoms with Crippen molar-refractivity contribution < 1.29 is 0 Å². The average molecular weight is 189 g/mol. The molecule has 0 saturated carbocycles. The van der Waals surface area contributed by atoms with Gasteiger partial charge in [-0.2, -0.15) is 0 Å². The summed E-state index contributed by atoms with van der Waals surface area (Å²) in [7, 11) is 4.20. The summed E-state index contributed by atoms with van der Waals surface area (Å²) < 4.78 is 0. The number of nitrogens with zero attached hydrogens (tertiary/aromatic N) is 1. The van der Waals surface area contributed by atoms with Crippen LogP contribution in [0.3, 0.4) is 0 Å². The van der Waals surface area contributed by atoms with Gasteiger partial charge in [0.1, 0.15) is 0 Å². The van der Waals surface area contributed by atoms with Crippen LogP contribution in [0.4, 0.5) is 5.69 Å². The molecule has 0 aromatic heterocycles. The minimum Gasteiger partial charge on any atom is -0.378 e. The minimum atomic E-state index is 0.376. The molecule has 1 heteroatoms. The van der Waals surface area contributed by atoms with Gasteiger partial charge in [0.15, 0.2) is 0 Å². The first-order chi connectivity index (χ1) is 6.50. The van der Waals surface area contributed by atoms with E-state index in [9.17, 15) is 0 Å². The van der Waals surface area contributed by atoms with Crippen LogP contribution in [0.25, 0.3) is 0 Å². The molecule has 1 nitrogen and oxygen atoms in total. The topological polar surface area (TPSA) is 3.24 Å². The van der Waals surface area contributed by atoms with Crippen LogP contribution >= 0.6 is 0 Å². The van der Waals surface area contributed by atoms with Gasteiger partial charge < -0.3 is 4.90 Å². The summed E-state index contributed by atoms with van der Waals surface area (Å²) in [6.45, 7) is 4.69. The Bertz CT molecular complexity index is 350. The van der Waals surface area contributed by atoms with Gasteiger partial charge in [0.2, 0.25) is 0 Å². The van der Waals surface area contributed by atoms with Gasteiger partial charge in [-0.15, -0.1) is 0 Å². The summed E-state index contributed by atoms with van der Waals surface area (Å²) in [4.78, 5) is 2.18. The molecule has 0 unspecified atom stereocenters. The molecule has 0 atom stereocenters. The van der Waals surface area contributed by atoms with Crippen LogP contribution in [0, 0.1) is 0 Å². The van der Waals surface area contributed by atoms with Crippen LogP contribution in [0.1, 0.15) is 31.4 Å². The molecule has 1 aliphatic rings. The van der Waals surface area contributed by atoms with E-state index in [1.54, 1.807) is 11.1 Å². The second-order valence-electron chi connectivity index (χ2n) is 5.12. The maximum Gasteiger partial charge on any atom is 0.0364 e. The van der Waals surface area contributed by atoms with Crippen molar-refractivity contribution in [2.24, 2.45) is 0 Å². The number of aryl methyl sites for hydroxylation is 1. The Labute approximate surface area is 86.7 Å². The van der Waals surface area contributed by atoms with Gasteiger partial charge in [0.25, 0.3) is 0 Å². The van der Waals surface area contributed by atoms with E-state index in [0.717, 1.165) is 0 Å². The molecule has 0 radical (unpaired) electrons. The zero-order valence-electron chi connectivity index (χ0n) is 9.59. The van der Waals surface area contributed by atoms with Crippen molar-refractivity contribution in [3.63, 3.8) is 0 Å². The van der Waals surface area contributed by atoms with E-state index in [4.69, 9.17) is 0 Å². The van der Waals surface area contributed by atoms with E-state index < -0.39 is 0 Å². The highest BCUT2D eigenvalue weighted by Crippen LogP contribution is 2.39. The third-order valence-electron chi connectivity index (χ3n) is 3.36. The minimum absolute atomic E-state index is 0.376. The zero-order valence-corrected chi connectivity index (χ0v) is 9.59. The molecule has 1 aromatic carbocycles. The van der Waals surface area contributed by atoms with Gasteiger partial charge in [0, 0.05) is 19.8 Å². The first-order valence-electron chi connectivity index (χ1n) is 5.31. The molecule has 0 aliphatic heterocycles. The molecule has 1 aliphatic carbocycles. The van der Waals surface area contributed by atoms with Crippen molar-refractivity contribution in [1.29, 1.82) is 0 Å². The van der Waals surface area contributed by atoms with Gasteiger partial charge in [0.05, 0.1) is 0 Å². The molecule has 0 fully saturated rings. The van der Waals surface area contributed by atoms with E-state index in [1.165, 1.54) is 18.5 Å². The fourth-order valence-electron chi connectivity index (χ4n) is 2.27. The summed E-state index contributed by atoms with van der Waals surface area (Å²) in [6, 6.07) is 6.86. The lowest BCUT2D eigenvalue weighted by atomic mass is 9.86. The Kier molecular flexibility index (Phi) is 2.06. The molecule has 1 aromatic rings. The van der Waals surface area contributed by atoms with Gasteiger partial charge in [-0.3, -0.25) is 0 Å². The smallest absolute Gasteiger partial charge is 0.0364 e. The van der Waals surface area contributed by atoms with Crippen molar-refractivity contribution in [2.75, 3.05) is 19.0 Å². The lowest BCUT2D eigenvalue weighted by Crippen LogP contribution is -2.14. The monoisotopic (exact) mass is 189 g/mol. The van der Waals surface area contributed by atoms with Crippen LogP contribution in [-0.2, 0) is 11.8 Å². The third-order valence-corrected chi connectivity index (χ3v) is 3.36. The lowest BCUT2D eigenvalue weighted by molar-refractivity contribution is 0.522. The fourth-order valence-corrected chi connectivity index (χ4v) is 2.27. The molecule has 0 spiro atoms. The second kappa shape index (κ2) is 3.01. The van der Waals surface area contributed by atoms with Crippen LogP contribution in [0.2, 0.25) is 0 Å². The maximum atomic E-state index is 2.35. The van der Waals surface area contributed by atoms with E-state index in [0.29, 0.717) is 5.41 Å². The Morgan fingerprint density at radius 2 is 1.93 bits per heavy atom. The number of anilines is 1. The highest BCUT2D eigenvalue weighted by Gasteiger charge is 2.29. The number of fused-ring (bicyclic) bond motifs is 1. The molecule has 14 heavy (non-hydrogen) atoms. The number of rotatable bonds is 1. The first kappa shape index (κ1) is 9.57. The summed E-state index contributed by atoms with van der Waals surface area (Å²) in [5.41, 5.74) is 4.78. The van der Waals surface area contributed by atoms with Crippen LogP contribution in [0.15, 0.2) is 18.2 Å². The lowest BCUT2D eigenvalue weighted by Gasteiger charge is -2.21. The zero-order chi connectivity index (χ0) is 10.3. The molecule has 0 heterocycles. The Morgan fingerprint density at radius 1 is 1.21 bits per heavy atom. The largest absolute Gasteiger partial charge is 0.378 e. The number of benzene rings is 1. The molecular weight excluding hydrogens is 170 g/mol. The molecule has 0 bridgehead atoms. The van der Waals surface area contributed by atoms with Crippen LogP contribution < -0.4 is 4.90 Å². The van der Waals surface area contributed by atoms with Crippen molar-refractivity contribution in [3.8, 4) is 0 Å². The molecule has 0 amide bonds. The fraction of sp³-hybridized carbons (Fsp3) is 0.538. The van der Waals surface area contributed by atoms with Gasteiger partial charge in [-0.25, -0.2) is 0 Å². The summed E-state index contributed by atoms with van der Waals surface area (Å²) in [5.74, 6) is 0. The SMILES string of the molecule is CN(C)c1ccc2c(c1)C(C)(C)CC2. The van der Waals surface area contributed by atoms with Gasteiger partial charge in [-0.05, 0) is 41.5 Å². The maximum absolute atomic E-state index is 2.35. The third kappa shape index (κ3) is 1.41. The van der Waals surface area contributed by atoms with Crippen molar-refractivity contribution in [2.45, 2.75) is 32.1 Å². The highest BCUT2D eigenvalue weighted by atomic mass is 15.1. The predicted molar refractivity (Wildman–Crippen MR) is 62.1 cm³/mol. The molecule has 2 rings (SSSR count). The van der Waals surface area contributed by atoms with Gasteiger partial charge >= 0.3 is 0 Å². The summed E-state index contributed by atoms with van der Waals surface area (Å²) >= 11 is 0. The number of hydrogen-bond acceptors (Lipinski definition) is 1. The molecule has 0 N–H and O–H groups in total. The molecular formula is C13H19N. The van der Waals surface area contributed by atoms with Crippen LogP contribution in [-0.4, -0.2) is 14.1 Å². The molecule has 76 valence electrons. The van der Waals surface area contributed by atoms with E-state index in [2.05, 4.69) is 51.0 Å². The first-order valence-corrected chi connectivity index (χ1v) is 5.31. The van der Waals surface area contributed by atoms with Crippen LogP contribution in [0.5, 0.6) is 0 Å². The summed E-state index contributed by atoms with van der Waals surface area (Å²) in [6.07, 6.45) is 2.54. The quantitative estimate of drug-likeness (QED) is 0.656. The van der Waals surface area contributed by atoms with Crippen molar-refractivity contribution in [3.05, 3.63) is 29.3 Å². The van der Waals surface area contributed by atoms with E-state index >= 15 is 0 Å². The predicted octanol–water partition coefficient (Wildman–Crippen LogP) is 2.98. The Morgan fingerprint density at radius 3 is 2.57 bits per heavy atom. The van der Waals surface area contributed by atoms with E-state index in [-0.39, 0.29) is 0 Å². The Balaban J connectivity index is 2.48.